The van der Waals surface area contributed by atoms with Gasteiger partial charge in [0.2, 0.25) is 11.8 Å². The Bertz CT molecular complexity index is 554. The molecular formula is C16H22N2O5. The number of carboxylic acids is 1. The van der Waals surface area contributed by atoms with E-state index in [2.05, 4.69) is 5.32 Å². The van der Waals surface area contributed by atoms with Crippen molar-refractivity contribution in [1.82, 2.24) is 5.32 Å². The van der Waals surface area contributed by atoms with Crippen molar-refractivity contribution in [2.24, 2.45) is 11.7 Å². The number of benzene rings is 1. The predicted molar refractivity (Wildman–Crippen MR) is 84.1 cm³/mol. The van der Waals surface area contributed by atoms with Gasteiger partial charge in [-0.2, -0.15) is 0 Å². The average Bonchev–Trinajstić information content (AvgIpc) is 2.46. The number of carbonyl (C=O) groups is 3. The first kappa shape index (κ1) is 18.5. The van der Waals surface area contributed by atoms with Crippen molar-refractivity contribution >= 4 is 17.8 Å². The molecule has 23 heavy (non-hydrogen) atoms. The molecule has 0 heterocycles. The summed E-state index contributed by atoms with van der Waals surface area (Å²) < 4.78 is 5.37. The largest absolute Gasteiger partial charge is 0.493 e. The minimum absolute atomic E-state index is 0.0411. The molecule has 1 aromatic carbocycles. The molecule has 0 aromatic heterocycles. The first-order valence-corrected chi connectivity index (χ1v) is 7.34. The van der Waals surface area contributed by atoms with E-state index >= 15 is 0 Å². The van der Waals surface area contributed by atoms with Crippen LogP contribution in [0.25, 0.3) is 0 Å². The highest BCUT2D eigenvalue weighted by Gasteiger charge is 2.20. The maximum atomic E-state index is 11.8. The van der Waals surface area contributed by atoms with Gasteiger partial charge in [-0.3, -0.25) is 9.59 Å². The normalized spacial score (nSPS) is 11.8. The number of carboxylic acid groups (broad SMARTS) is 1. The molecule has 0 aliphatic carbocycles. The van der Waals surface area contributed by atoms with Crippen LogP contribution < -0.4 is 15.8 Å². The van der Waals surface area contributed by atoms with Crippen molar-refractivity contribution < 1.29 is 24.2 Å². The summed E-state index contributed by atoms with van der Waals surface area (Å²) in [5.41, 5.74) is 5.50. The van der Waals surface area contributed by atoms with Crippen molar-refractivity contribution in [2.75, 3.05) is 6.61 Å². The quantitative estimate of drug-likeness (QED) is 0.630. The fourth-order valence-corrected chi connectivity index (χ4v) is 1.94. The number of hydrogen-bond acceptors (Lipinski definition) is 4. The topological polar surface area (TPSA) is 119 Å². The molecular weight excluding hydrogens is 300 g/mol. The molecule has 0 spiro atoms. The molecule has 0 bridgehead atoms. The number of carbonyl (C=O) groups excluding carboxylic acids is 2. The Hall–Kier alpha value is -2.57. The lowest BCUT2D eigenvalue weighted by molar-refractivity contribution is -0.142. The number of primary amides is 1. The molecule has 0 saturated heterocycles. The summed E-state index contributed by atoms with van der Waals surface area (Å²) >= 11 is 0. The molecule has 7 nitrogen and oxygen atoms in total. The third-order valence-corrected chi connectivity index (χ3v) is 3.08. The van der Waals surface area contributed by atoms with Crippen molar-refractivity contribution in [3.63, 3.8) is 0 Å². The van der Waals surface area contributed by atoms with E-state index < -0.39 is 17.9 Å². The van der Waals surface area contributed by atoms with Gasteiger partial charge in [0.15, 0.2) is 0 Å². The van der Waals surface area contributed by atoms with Crippen LogP contribution >= 0.6 is 0 Å². The lowest BCUT2D eigenvalue weighted by Crippen LogP contribution is -2.42. The third-order valence-electron chi connectivity index (χ3n) is 3.08. The van der Waals surface area contributed by atoms with Gasteiger partial charge in [-0.05, 0) is 36.6 Å². The summed E-state index contributed by atoms with van der Waals surface area (Å²) in [4.78, 5) is 33.8. The highest BCUT2D eigenvalue weighted by atomic mass is 16.5. The number of amides is 2. The van der Waals surface area contributed by atoms with Crippen LogP contribution in [-0.2, 0) is 9.59 Å². The minimum atomic E-state index is -1.05. The third kappa shape index (κ3) is 6.82. The monoisotopic (exact) mass is 322 g/mol. The van der Waals surface area contributed by atoms with Gasteiger partial charge in [0.1, 0.15) is 11.8 Å². The fraction of sp³-hybridized carbons (Fsp3) is 0.438. The smallest absolute Gasteiger partial charge is 0.326 e. The molecule has 1 aromatic rings. The zero-order valence-corrected chi connectivity index (χ0v) is 13.2. The second-order valence-corrected chi connectivity index (χ2v) is 5.57. The fourth-order valence-electron chi connectivity index (χ4n) is 1.94. The van der Waals surface area contributed by atoms with E-state index in [1.54, 1.807) is 12.1 Å². The van der Waals surface area contributed by atoms with Crippen molar-refractivity contribution in [2.45, 2.75) is 32.7 Å². The van der Waals surface area contributed by atoms with Gasteiger partial charge in [0, 0.05) is 5.56 Å². The van der Waals surface area contributed by atoms with E-state index in [1.807, 2.05) is 13.8 Å². The Morgan fingerprint density at radius 1 is 1.22 bits per heavy atom. The molecule has 2 amide bonds. The Labute approximate surface area is 134 Å². The van der Waals surface area contributed by atoms with Crippen LogP contribution in [0.3, 0.4) is 0 Å². The van der Waals surface area contributed by atoms with Gasteiger partial charge in [0.25, 0.3) is 0 Å². The van der Waals surface area contributed by atoms with Gasteiger partial charge < -0.3 is 20.9 Å². The molecule has 7 heteroatoms. The molecule has 0 fully saturated rings. The van der Waals surface area contributed by atoms with Gasteiger partial charge >= 0.3 is 5.97 Å². The van der Waals surface area contributed by atoms with E-state index in [9.17, 15) is 14.4 Å². The molecule has 0 aliphatic rings. The number of rotatable bonds is 9. The van der Waals surface area contributed by atoms with Crippen molar-refractivity contribution in [3.8, 4) is 5.75 Å². The summed E-state index contributed by atoms with van der Waals surface area (Å²) in [5, 5.41) is 11.5. The summed E-state index contributed by atoms with van der Waals surface area (Å²) in [5.74, 6) is -1.29. The van der Waals surface area contributed by atoms with Gasteiger partial charge in [-0.25, -0.2) is 4.79 Å². The predicted octanol–water partition coefficient (Wildman–Crippen LogP) is 1.17. The van der Waals surface area contributed by atoms with Crippen LogP contribution in [0.1, 0.15) is 37.0 Å². The van der Waals surface area contributed by atoms with E-state index in [0.29, 0.717) is 17.7 Å². The summed E-state index contributed by atoms with van der Waals surface area (Å²) in [6, 6.07) is 5.33. The Morgan fingerprint density at radius 3 is 2.30 bits per heavy atom. The summed E-state index contributed by atoms with van der Waals surface area (Å²) in [6.45, 7) is 3.89. The van der Waals surface area contributed by atoms with Gasteiger partial charge in [0.05, 0.1) is 13.0 Å². The molecule has 0 saturated carbocycles. The molecule has 126 valence electrons. The SMILES string of the molecule is CC(C)CC(NC(=O)CCOc1ccc(C(N)=O)cc1)C(=O)O. The molecule has 1 atom stereocenters. The van der Waals surface area contributed by atoms with Crippen molar-refractivity contribution in [3.05, 3.63) is 29.8 Å². The lowest BCUT2D eigenvalue weighted by atomic mass is 10.0. The second kappa shape index (κ2) is 8.77. The Balaban J connectivity index is 2.40. The van der Waals surface area contributed by atoms with E-state index in [4.69, 9.17) is 15.6 Å². The van der Waals surface area contributed by atoms with Crippen LogP contribution in [0.2, 0.25) is 0 Å². The number of aliphatic carboxylic acids is 1. The maximum absolute atomic E-state index is 11.8. The first-order chi connectivity index (χ1) is 10.8. The van der Waals surface area contributed by atoms with E-state index in [-0.39, 0.29) is 24.9 Å². The summed E-state index contributed by atoms with van der Waals surface area (Å²) in [7, 11) is 0. The summed E-state index contributed by atoms with van der Waals surface area (Å²) in [6.07, 6.45) is 0.413. The molecule has 0 radical (unpaired) electrons. The number of hydrogen-bond donors (Lipinski definition) is 3. The molecule has 1 unspecified atom stereocenters. The highest BCUT2D eigenvalue weighted by Crippen LogP contribution is 2.12. The zero-order valence-electron chi connectivity index (χ0n) is 13.2. The maximum Gasteiger partial charge on any atom is 0.326 e. The molecule has 0 aliphatic heterocycles. The number of ether oxygens (including phenoxy) is 1. The van der Waals surface area contributed by atoms with Crippen LogP contribution in [-0.4, -0.2) is 35.5 Å². The standard InChI is InChI=1S/C16H22N2O5/c1-10(2)9-13(16(21)22)18-14(19)7-8-23-12-5-3-11(4-6-12)15(17)20/h3-6,10,13H,7-9H2,1-2H3,(H2,17,20)(H,18,19)(H,21,22). The van der Waals surface area contributed by atoms with Crippen molar-refractivity contribution in [1.29, 1.82) is 0 Å². The second-order valence-electron chi connectivity index (χ2n) is 5.57. The van der Waals surface area contributed by atoms with Crippen LogP contribution in [0.15, 0.2) is 24.3 Å². The van der Waals surface area contributed by atoms with Crippen LogP contribution in [0.5, 0.6) is 5.75 Å². The van der Waals surface area contributed by atoms with Gasteiger partial charge in [-0.1, -0.05) is 13.8 Å². The number of nitrogens with two attached hydrogens (primary N) is 1. The molecule has 1 rings (SSSR count). The van der Waals surface area contributed by atoms with Gasteiger partial charge in [-0.15, -0.1) is 0 Å². The Morgan fingerprint density at radius 2 is 1.83 bits per heavy atom. The highest BCUT2D eigenvalue weighted by molar-refractivity contribution is 5.92. The van der Waals surface area contributed by atoms with E-state index in [1.165, 1.54) is 12.1 Å². The first-order valence-electron chi connectivity index (χ1n) is 7.34. The zero-order chi connectivity index (χ0) is 17.4. The molecule has 4 N–H and O–H groups in total. The van der Waals surface area contributed by atoms with Crippen LogP contribution in [0.4, 0.5) is 0 Å². The minimum Gasteiger partial charge on any atom is -0.493 e. The van der Waals surface area contributed by atoms with E-state index in [0.717, 1.165) is 0 Å². The average molecular weight is 322 g/mol. The number of nitrogens with one attached hydrogen (secondary N) is 1. The van der Waals surface area contributed by atoms with Crippen LogP contribution in [0, 0.1) is 5.92 Å². The lowest BCUT2D eigenvalue weighted by Gasteiger charge is -2.16. The Kier molecular flexibility index (Phi) is 7.05.